The Morgan fingerprint density at radius 3 is 2.03 bits per heavy atom. The van der Waals surface area contributed by atoms with Gasteiger partial charge in [-0.15, -0.1) is 0 Å². The van der Waals surface area contributed by atoms with E-state index >= 15 is 0 Å². The molecule has 3 N–H and O–H groups in total. The number of nitrogens with one attached hydrogen (secondary N) is 1. The summed E-state index contributed by atoms with van der Waals surface area (Å²) < 4.78 is 1.43. The highest BCUT2D eigenvalue weighted by molar-refractivity contribution is 5.92. The number of aromatic hydroxyl groups is 2. The van der Waals surface area contributed by atoms with Gasteiger partial charge in [0.2, 0.25) is 5.43 Å². The van der Waals surface area contributed by atoms with Crippen molar-refractivity contribution >= 4 is 5.91 Å². The molecule has 2 aromatic rings. The molecule has 1 amide bonds. The summed E-state index contributed by atoms with van der Waals surface area (Å²) >= 11 is 0. The summed E-state index contributed by atoms with van der Waals surface area (Å²) in [4.78, 5) is 24.0. The van der Waals surface area contributed by atoms with Crippen molar-refractivity contribution in [1.29, 1.82) is 0 Å². The molecule has 6 heteroatoms. The van der Waals surface area contributed by atoms with Crippen LogP contribution in [0.3, 0.4) is 0 Å². The lowest BCUT2D eigenvalue weighted by Gasteiger charge is -2.28. The molecular formula is C24H34N2O4. The van der Waals surface area contributed by atoms with Crippen molar-refractivity contribution in [3.8, 4) is 11.5 Å². The second kappa shape index (κ2) is 8.54. The molecule has 0 saturated heterocycles. The molecule has 1 aromatic heterocycles. The number of carbonyl (C=O) groups is 1. The van der Waals surface area contributed by atoms with Gasteiger partial charge in [-0.2, -0.15) is 0 Å². The van der Waals surface area contributed by atoms with E-state index in [2.05, 4.69) is 59.0 Å². The number of phenolic OH excluding ortho intramolecular Hbond substituents is 1. The number of hydrogen-bond donors (Lipinski definition) is 3. The van der Waals surface area contributed by atoms with Gasteiger partial charge < -0.3 is 20.1 Å². The molecule has 30 heavy (non-hydrogen) atoms. The van der Waals surface area contributed by atoms with Gasteiger partial charge in [-0.3, -0.25) is 9.59 Å². The zero-order chi connectivity index (χ0) is 22.9. The average molecular weight is 415 g/mol. The lowest BCUT2D eigenvalue weighted by molar-refractivity contribution is 0.0944. The average Bonchev–Trinajstić information content (AvgIpc) is 2.60. The summed E-state index contributed by atoms with van der Waals surface area (Å²) in [6, 6.07) is 5.24. The van der Waals surface area contributed by atoms with Crippen molar-refractivity contribution < 1.29 is 15.0 Å². The minimum atomic E-state index is -0.577. The molecule has 0 bridgehead atoms. The van der Waals surface area contributed by atoms with Crippen LogP contribution in [-0.2, 0) is 24.3 Å². The van der Waals surface area contributed by atoms with Gasteiger partial charge in [-0.25, -0.2) is 0 Å². The molecule has 0 fully saturated rings. The Bertz CT molecular complexity index is 957. The Balaban J connectivity index is 2.12. The molecule has 6 nitrogen and oxygen atoms in total. The van der Waals surface area contributed by atoms with Crippen LogP contribution in [0.5, 0.6) is 11.5 Å². The van der Waals surface area contributed by atoms with Gasteiger partial charge in [0.05, 0.1) is 6.20 Å². The Morgan fingerprint density at radius 1 is 1.00 bits per heavy atom. The highest BCUT2D eigenvalue weighted by atomic mass is 16.3. The second-order valence-electron chi connectivity index (χ2n) is 9.92. The normalized spacial score (nSPS) is 12.1. The van der Waals surface area contributed by atoms with E-state index in [0.717, 1.165) is 35.6 Å². The molecule has 0 aliphatic carbocycles. The third-order valence-electron chi connectivity index (χ3n) is 5.16. The Labute approximate surface area is 178 Å². The number of aromatic nitrogens is 1. The van der Waals surface area contributed by atoms with Crippen LogP contribution >= 0.6 is 0 Å². The number of hydrogen-bond acceptors (Lipinski definition) is 4. The minimum Gasteiger partial charge on any atom is -0.507 e. The van der Waals surface area contributed by atoms with Crippen molar-refractivity contribution in [2.45, 2.75) is 65.2 Å². The molecular weight excluding hydrogens is 380 g/mol. The Hall–Kier alpha value is -2.76. The molecule has 0 unspecified atom stereocenters. The van der Waals surface area contributed by atoms with Crippen molar-refractivity contribution in [1.82, 2.24) is 9.88 Å². The topological polar surface area (TPSA) is 91.6 Å². The first-order valence-electron chi connectivity index (χ1n) is 10.3. The third-order valence-corrected chi connectivity index (χ3v) is 5.16. The van der Waals surface area contributed by atoms with Crippen LogP contribution in [0.15, 0.2) is 29.2 Å². The number of aryl methyl sites for hydroxylation is 2. The molecule has 0 atom stereocenters. The number of pyridine rings is 1. The standard InChI is InChI=1S/C24H34N2O4/c1-23(2,3)16-11-15(12-17(21(16)29)24(4,5)6)9-8-10-25-22(30)18-13-19(27)20(28)14-26(18)7/h11-14,28-29H,8-10H2,1-7H3,(H,25,30). The number of rotatable bonds is 5. The summed E-state index contributed by atoms with van der Waals surface area (Å²) in [5.74, 6) is -0.378. The fraction of sp³-hybridized carbons (Fsp3) is 0.500. The van der Waals surface area contributed by atoms with Crippen molar-refractivity contribution in [2.24, 2.45) is 7.05 Å². The van der Waals surface area contributed by atoms with Gasteiger partial charge in [0, 0.05) is 19.7 Å². The maximum atomic E-state index is 12.4. The molecule has 0 radical (unpaired) electrons. The van der Waals surface area contributed by atoms with Crippen molar-refractivity contribution in [3.05, 3.63) is 57.0 Å². The maximum absolute atomic E-state index is 12.4. The number of amides is 1. The van der Waals surface area contributed by atoms with Crippen LogP contribution in [-0.4, -0.2) is 27.2 Å². The first-order valence-corrected chi connectivity index (χ1v) is 10.3. The van der Waals surface area contributed by atoms with Crippen LogP contribution in [0, 0.1) is 0 Å². The fourth-order valence-corrected chi connectivity index (χ4v) is 3.41. The summed E-state index contributed by atoms with van der Waals surface area (Å²) in [6.07, 6.45) is 2.70. The van der Waals surface area contributed by atoms with Gasteiger partial charge in [-0.1, -0.05) is 53.7 Å². The largest absolute Gasteiger partial charge is 0.507 e. The van der Waals surface area contributed by atoms with Gasteiger partial charge in [-0.05, 0) is 40.4 Å². The lowest BCUT2D eigenvalue weighted by atomic mass is 9.78. The van der Waals surface area contributed by atoms with Crippen LogP contribution in [0.4, 0.5) is 0 Å². The van der Waals surface area contributed by atoms with E-state index in [1.165, 1.54) is 10.8 Å². The summed E-state index contributed by atoms with van der Waals surface area (Å²) in [5.41, 5.74) is 2.23. The smallest absolute Gasteiger partial charge is 0.268 e. The number of benzene rings is 1. The van der Waals surface area contributed by atoms with E-state index in [9.17, 15) is 19.8 Å². The zero-order valence-corrected chi connectivity index (χ0v) is 19.1. The van der Waals surface area contributed by atoms with Gasteiger partial charge in [0.15, 0.2) is 5.75 Å². The van der Waals surface area contributed by atoms with Crippen LogP contribution in [0.2, 0.25) is 0 Å². The Morgan fingerprint density at radius 2 is 1.53 bits per heavy atom. The van der Waals surface area contributed by atoms with Crippen LogP contribution in [0.1, 0.15) is 75.1 Å². The number of carbonyl (C=O) groups excluding carboxylic acids is 1. The molecule has 0 spiro atoms. The SMILES string of the molecule is Cn1cc(O)c(=O)cc1C(=O)NCCCc1cc(C(C)(C)C)c(O)c(C(C)(C)C)c1. The molecule has 0 saturated carbocycles. The molecule has 0 aliphatic heterocycles. The van der Waals surface area contributed by atoms with E-state index in [4.69, 9.17) is 0 Å². The van der Waals surface area contributed by atoms with Crippen molar-refractivity contribution in [2.75, 3.05) is 6.54 Å². The minimum absolute atomic E-state index is 0.183. The third kappa shape index (κ3) is 5.43. The van der Waals surface area contributed by atoms with Crippen LogP contribution in [0.25, 0.3) is 0 Å². The number of nitrogens with zero attached hydrogens (tertiary/aromatic N) is 1. The summed E-state index contributed by atoms with van der Waals surface area (Å²) in [7, 11) is 1.60. The molecule has 1 aromatic carbocycles. The first-order chi connectivity index (χ1) is 13.7. The highest BCUT2D eigenvalue weighted by Crippen LogP contribution is 2.39. The van der Waals surface area contributed by atoms with E-state index in [0.29, 0.717) is 12.3 Å². The number of phenols is 1. The zero-order valence-electron chi connectivity index (χ0n) is 19.1. The van der Waals surface area contributed by atoms with E-state index < -0.39 is 5.43 Å². The molecule has 164 valence electrons. The predicted octanol–water partition coefficient (Wildman–Crippen LogP) is 3.75. The highest BCUT2D eigenvalue weighted by Gasteiger charge is 2.26. The lowest BCUT2D eigenvalue weighted by Crippen LogP contribution is -2.28. The van der Waals surface area contributed by atoms with Crippen molar-refractivity contribution in [3.63, 3.8) is 0 Å². The second-order valence-corrected chi connectivity index (χ2v) is 9.92. The van der Waals surface area contributed by atoms with E-state index in [-0.39, 0.29) is 28.2 Å². The first kappa shape index (κ1) is 23.5. The Kier molecular flexibility index (Phi) is 6.70. The maximum Gasteiger partial charge on any atom is 0.268 e. The summed E-state index contributed by atoms with van der Waals surface area (Å²) in [5, 5.41) is 23.1. The summed E-state index contributed by atoms with van der Waals surface area (Å²) in [6.45, 7) is 13.0. The fourth-order valence-electron chi connectivity index (χ4n) is 3.41. The monoisotopic (exact) mass is 414 g/mol. The molecule has 0 aliphatic rings. The van der Waals surface area contributed by atoms with Gasteiger partial charge >= 0.3 is 0 Å². The predicted molar refractivity (Wildman–Crippen MR) is 120 cm³/mol. The van der Waals surface area contributed by atoms with E-state index in [1.807, 2.05) is 0 Å². The van der Waals surface area contributed by atoms with Crippen LogP contribution < -0.4 is 10.7 Å². The van der Waals surface area contributed by atoms with E-state index in [1.54, 1.807) is 7.05 Å². The quantitative estimate of drug-likeness (QED) is 0.650. The van der Waals surface area contributed by atoms with Gasteiger partial charge in [0.1, 0.15) is 11.4 Å². The molecule has 1 heterocycles. The van der Waals surface area contributed by atoms with Gasteiger partial charge in [0.25, 0.3) is 5.91 Å². The molecule has 2 rings (SSSR count).